The summed E-state index contributed by atoms with van der Waals surface area (Å²) in [6.07, 6.45) is 1.20. The van der Waals surface area contributed by atoms with Gasteiger partial charge in [-0.25, -0.2) is 0 Å². The van der Waals surface area contributed by atoms with Crippen molar-refractivity contribution in [3.63, 3.8) is 0 Å². The van der Waals surface area contributed by atoms with E-state index in [9.17, 15) is 0 Å². The highest BCUT2D eigenvalue weighted by molar-refractivity contribution is 7.99. The minimum Gasteiger partial charge on any atom is -0.384 e. The average molecular weight is 222 g/mol. The molecule has 0 bridgehead atoms. The molecule has 0 aliphatic heterocycles. The van der Waals surface area contributed by atoms with Crippen LogP contribution in [-0.4, -0.2) is 11.1 Å². The van der Waals surface area contributed by atoms with Gasteiger partial charge >= 0.3 is 0 Å². The standard InChI is InChI=1S/C12H18N2S/c1-3-9(2)15-8-10-4-6-11(7-5-10)12(13)14/h4-7,9H,3,8H2,1-2H3,(H3,13,14). The fraction of sp³-hybridized carbons (Fsp3) is 0.417. The molecule has 0 saturated carbocycles. The fourth-order valence-electron chi connectivity index (χ4n) is 1.14. The van der Waals surface area contributed by atoms with E-state index >= 15 is 0 Å². The summed E-state index contributed by atoms with van der Waals surface area (Å²) in [4.78, 5) is 0. The number of benzene rings is 1. The summed E-state index contributed by atoms with van der Waals surface area (Å²) < 4.78 is 0. The highest BCUT2D eigenvalue weighted by Gasteiger charge is 2.01. The molecular formula is C12H18N2S. The van der Waals surface area contributed by atoms with Gasteiger partial charge in [-0.3, -0.25) is 5.41 Å². The number of nitrogen functional groups attached to an aromatic ring is 1. The molecule has 0 fully saturated rings. The molecule has 3 N–H and O–H groups in total. The normalized spacial score (nSPS) is 12.4. The first-order valence-electron chi connectivity index (χ1n) is 5.18. The molecule has 1 aromatic rings. The summed E-state index contributed by atoms with van der Waals surface area (Å²) >= 11 is 1.96. The molecule has 0 saturated heterocycles. The Hall–Kier alpha value is -0.960. The molecule has 1 rings (SSSR count). The summed E-state index contributed by atoms with van der Waals surface area (Å²) in [7, 11) is 0. The van der Waals surface area contributed by atoms with Gasteiger partial charge in [0.25, 0.3) is 0 Å². The third kappa shape index (κ3) is 3.96. The Balaban J connectivity index is 2.53. The Morgan fingerprint density at radius 1 is 1.40 bits per heavy atom. The quantitative estimate of drug-likeness (QED) is 0.594. The van der Waals surface area contributed by atoms with E-state index < -0.39 is 0 Å². The third-order valence-corrected chi connectivity index (χ3v) is 3.78. The third-order valence-electron chi connectivity index (χ3n) is 2.37. The smallest absolute Gasteiger partial charge is 0.122 e. The molecule has 0 aliphatic rings. The lowest BCUT2D eigenvalue weighted by Gasteiger charge is -2.08. The van der Waals surface area contributed by atoms with Crippen LogP contribution in [0.25, 0.3) is 0 Å². The molecule has 0 heterocycles. The summed E-state index contributed by atoms with van der Waals surface area (Å²) in [5, 5.41) is 7.98. The zero-order valence-corrected chi connectivity index (χ0v) is 10.1. The first-order valence-corrected chi connectivity index (χ1v) is 6.23. The van der Waals surface area contributed by atoms with Gasteiger partial charge in [-0.1, -0.05) is 38.1 Å². The van der Waals surface area contributed by atoms with Gasteiger partial charge in [0, 0.05) is 16.6 Å². The van der Waals surface area contributed by atoms with E-state index in [1.165, 1.54) is 12.0 Å². The number of hydrogen-bond acceptors (Lipinski definition) is 2. The van der Waals surface area contributed by atoms with E-state index in [0.29, 0.717) is 5.25 Å². The van der Waals surface area contributed by atoms with Gasteiger partial charge in [0.2, 0.25) is 0 Å². The summed E-state index contributed by atoms with van der Waals surface area (Å²) in [5.41, 5.74) is 7.48. The molecule has 0 aliphatic carbocycles. The van der Waals surface area contributed by atoms with Crippen LogP contribution >= 0.6 is 11.8 Å². The Labute approximate surface area is 95.8 Å². The van der Waals surface area contributed by atoms with Crippen molar-refractivity contribution in [2.45, 2.75) is 31.3 Å². The topological polar surface area (TPSA) is 49.9 Å². The monoisotopic (exact) mass is 222 g/mol. The minimum absolute atomic E-state index is 0.135. The Morgan fingerprint density at radius 2 is 2.00 bits per heavy atom. The Bertz CT molecular complexity index is 319. The first kappa shape index (κ1) is 12.1. The van der Waals surface area contributed by atoms with Crippen LogP contribution in [0.2, 0.25) is 0 Å². The number of thioether (sulfide) groups is 1. The predicted octanol–water partition coefficient (Wildman–Crippen LogP) is 3.00. The maximum atomic E-state index is 7.28. The van der Waals surface area contributed by atoms with Crippen LogP contribution in [-0.2, 0) is 5.75 Å². The fourth-order valence-corrected chi connectivity index (χ4v) is 2.04. The van der Waals surface area contributed by atoms with Crippen LogP contribution in [0.5, 0.6) is 0 Å². The van der Waals surface area contributed by atoms with Gasteiger partial charge < -0.3 is 5.73 Å². The van der Waals surface area contributed by atoms with E-state index in [-0.39, 0.29) is 5.84 Å². The molecule has 1 aromatic carbocycles. The van der Waals surface area contributed by atoms with Crippen LogP contribution in [0, 0.1) is 5.41 Å². The number of hydrogen-bond donors (Lipinski definition) is 2. The first-order chi connectivity index (χ1) is 7.13. The highest BCUT2D eigenvalue weighted by atomic mass is 32.2. The van der Waals surface area contributed by atoms with Crippen LogP contribution in [0.1, 0.15) is 31.4 Å². The molecule has 1 unspecified atom stereocenters. The second-order valence-corrected chi connectivity index (χ2v) is 5.07. The second-order valence-electron chi connectivity index (χ2n) is 3.64. The Morgan fingerprint density at radius 3 is 2.47 bits per heavy atom. The number of nitrogens with one attached hydrogen (secondary N) is 1. The molecule has 15 heavy (non-hydrogen) atoms. The highest BCUT2D eigenvalue weighted by Crippen LogP contribution is 2.19. The summed E-state index contributed by atoms with van der Waals surface area (Å²) in [6, 6.07) is 7.92. The van der Waals surface area contributed by atoms with Crippen molar-refractivity contribution < 1.29 is 0 Å². The zero-order valence-electron chi connectivity index (χ0n) is 9.29. The van der Waals surface area contributed by atoms with Crippen molar-refractivity contribution in [1.29, 1.82) is 5.41 Å². The summed E-state index contributed by atoms with van der Waals surface area (Å²) in [5.74, 6) is 1.17. The molecule has 3 heteroatoms. The van der Waals surface area contributed by atoms with E-state index in [4.69, 9.17) is 11.1 Å². The molecule has 0 spiro atoms. The molecule has 82 valence electrons. The lowest BCUT2D eigenvalue weighted by molar-refractivity contribution is 0.905. The van der Waals surface area contributed by atoms with Gasteiger partial charge in [0.15, 0.2) is 0 Å². The lowest BCUT2D eigenvalue weighted by Crippen LogP contribution is -2.10. The minimum atomic E-state index is 0.135. The molecular weight excluding hydrogens is 204 g/mol. The van der Waals surface area contributed by atoms with Crippen LogP contribution in [0.3, 0.4) is 0 Å². The molecule has 0 amide bonds. The van der Waals surface area contributed by atoms with Crippen LogP contribution in [0.4, 0.5) is 0 Å². The second kappa shape index (κ2) is 5.81. The molecule has 2 nitrogen and oxygen atoms in total. The maximum Gasteiger partial charge on any atom is 0.122 e. The number of amidine groups is 1. The van der Waals surface area contributed by atoms with Gasteiger partial charge in [0.1, 0.15) is 5.84 Å². The van der Waals surface area contributed by atoms with Crippen LogP contribution in [0.15, 0.2) is 24.3 Å². The molecule has 1 atom stereocenters. The van der Waals surface area contributed by atoms with Crippen LogP contribution < -0.4 is 5.73 Å². The predicted molar refractivity (Wildman–Crippen MR) is 68.5 cm³/mol. The zero-order chi connectivity index (χ0) is 11.3. The molecule has 0 radical (unpaired) electrons. The van der Waals surface area contributed by atoms with Crippen molar-refractivity contribution in [3.8, 4) is 0 Å². The summed E-state index contributed by atoms with van der Waals surface area (Å²) in [6.45, 7) is 4.45. The van der Waals surface area contributed by atoms with E-state index in [2.05, 4.69) is 13.8 Å². The van der Waals surface area contributed by atoms with Gasteiger partial charge in [-0.15, -0.1) is 0 Å². The average Bonchev–Trinajstić information content (AvgIpc) is 2.26. The van der Waals surface area contributed by atoms with E-state index in [0.717, 1.165) is 11.3 Å². The lowest BCUT2D eigenvalue weighted by atomic mass is 10.1. The van der Waals surface area contributed by atoms with Crippen molar-refractivity contribution in [1.82, 2.24) is 0 Å². The maximum absolute atomic E-state index is 7.28. The van der Waals surface area contributed by atoms with Gasteiger partial charge in [-0.05, 0) is 12.0 Å². The van der Waals surface area contributed by atoms with E-state index in [1.54, 1.807) is 0 Å². The van der Waals surface area contributed by atoms with Crippen molar-refractivity contribution in [2.24, 2.45) is 5.73 Å². The van der Waals surface area contributed by atoms with Gasteiger partial charge in [0.05, 0.1) is 0 Å². The Kier molecular flexibility index (Phi) is 4.69. The van der Waals surface area contributed by atoms with Crippen molar-refractivity contribution in [3.05, 3.63) is 35.4 Å². The van der Waals surface area contributed by atoms with Crippen molar-refractivity contribution in [2.75, 3.05) is 0 Å². The van der Waals surface area contributed by atoms with Gasteiger partial charge in [-0.2, -0.15) is 11.8 Å². The van der Waals surface area contributed by atoms with Crippen molar-refractivity contribution >= 4 is 17.6 Å². The number of nitrogens with two attached hydrogens (primary N) is 1. The van der Waals surface area contributed by atoms with E-state index in [1.807, 2.05) is 36.0 Å². The molecule has 0 aromatic heterocycles. The SMILES string of the molecule is CCC(C)SCc1ccc(C(=N)N)cc1. The number of rotatable bonds is 5. The largest absolute Gasteiger partial charge is 0.384 e.